The quantitative estimate of drug-likeness (QED) is 0.914. The molecule has 1 N–H and O–H groups in total. The average Bonchev–Trinajstić information content (AvgIpc) is 3.07. The summed E-state index contributed by atoms with van der Waals surface area (Å²) in [4.78, 5) is 19.8. The van der Waals surface area contributed by atoms with E-state index >= 15 is 0 Å². The molecule has 0 saturated carbocycles. The Labute approximate surface area is 133 Å². The second-order valence-corrected chi connectivity index (χ2v) is 6.15. The van der Waals surface area contributed by atoms with Gasteiger partial charge in [-0.25, -0.2) is 4.98 Å². The third-order valence-corrected chi connectivity index (χ3v) is 4.45. The monoisotopic (exact) mass is 317 g/mol. The van der Waals surface area contributed by atoms with Gasteiger partial charge in [0.25, 0.3) is 0 Å². The fraction of sp³-hybridized carbons (Fsp3) is 0.375. The molecular formula is C16H19N3O2S. The minimum atomic E-state index is 0.0410. The van der Waals surface area contributed by atoms with E-state index in [4.69, 9.17) is 4.74 Å². The zero-order chi connectivity index (χ0) is 15.2. The van der Waals surface area contributed by atoms with Crippen LogP contribution in [0.4, 0.5) is 5.82 Å². The van der Waals surface area contributed by atoms with Crippen LogP contribution >= 0.6 is 11.3 Å². The minimum absolute atomic E-state index is 0.0410. The van der Waals surface area contributed by atoms with Gasteiger partial charge in [0.15, 0.2) is 0 Å². The number of carbonyl (C=O) groups is 1. The Morgan fingerprint density at radius 2 is 2.18 bits per heavy atom. The van der Waals surface area contributed by atoms with Crippen LogP contribution in [-0.2, 0) is 22.5 Å². The molecule has 3 heterocycles. The van der Waals surface area contributed by atoms with Gasteiger partial charge in [0.2, 0.25) is 5.91 Å². The van der Waals surface area contributed by atoms with Gasteiger partial charge in [-0.1, -0.05) is 12.1 Å². The van der Waals surface area contributed by atoms with E-state index in [1.807, 2.05) is 29.6 Å². The van der Waals surface area contributed by atoms with Crippen LogP contribution in [-0.4, -0.2) is 37.2 Å². The average molecular weight is 317 g/mol. The molecule has 1 saturated heterocycles. The highest BCUT2D eigenvalue weighted by Crippen LogP contribution is 2.18. The number of nitrogens with one attached hydrogen (secondary N) is 1. The molecule has 0 bridgehead atoms. The lowest BCUT2D eigenvalue weighted by atomic mass is 10.2. The van der Waals surface area contributed by atoms with E-state index in [2.05, 4.69) is 15.2 Å². The van der Waals surface area contributed by atoms with E-state index in [-0.39, 0.29) is 5.91 Å². The number of rotatable bonds is 5. The first-order valence-corrected chi connectivity index (χ1v) is 8.26. The largest absolute Gasteiger partial charge is 0.378 e. The number of hydrogen-bond donors (Lipinski definition) is 1. The Hall–Kier alpha value is -1.92. The summed E-state index contributed by atoms with van der Waals surface area (Å²) in [5.74, 6) is 0.987. The normalized spacial score (nSPS) is 14.8. The molecule has 3 rings (SSSR count). The number of pyridine rings is 1. The molecule has 5 nitrogen and oxygen atoms in total. The summed E-state index contributed by atoms with van der Waals surface area (Å²) < 4.78 is 5.38. The van der Waals surface area contributed by atoms with Gasteiger partial charge in [0.05, 0.1) is 19.6 Å². The molecule has 1 aliphatic heterocycles. The van der Waals surface area contributed by atoms with Gasteiger partial charge in [0.1, 0.15) is 5.82 Å². The van der Waals surface area contributed by atoms with Gasteiger partial charge in [-0.15, -0.1) is 11.3 Å². The van der Waals surface area contributed by atoms with Crippen LogP contribution in [0.25, 0.3) is 0 Å². The minimum Gasteiger partial charge on any atom is -0.378 e. The summed E-state index contributed by atoms with van der Waals surface area (Å²) in [6.45, 7) is 3.63. The number of anilines is 1. The molecule has 2 aromatic rings. The van der Waals surface area contributed by atoms with Crippen LogP contribution in [0.2, 0.25) is 0 Å². The molecule has 22 heavy (non-hydrogen) atoms. The molecule has 1 aliphatic rings. The Balaban J connectivity index is 1.61. The van der Waals surface area contributed by atoms with Crippen LogP contribution in [0.1, 0.15) is 10.4 Å². The van der Waals surface area contributed by atoms with Crippen molar-refractivity contribution in [1.29, 1.82) is 0 Å². The first-order chi connectivity index (χ1) is 10.8. The maximum atomic E-state index is 12.0. The van der Waals surface area contributed by atoms with Gasteiger partial charge in [-0.2, -0.15) is 0 Å². The van der Waals surface area contributed by atoms with E-state index in [1.165, 1.54) is 0 Å². The number of nitrogens with zero attached hydrogens (tertiary/aromatic N) is 2. The van der Waals surface area contributed by atoms with E-state index in [0.717, 1.165) is 42.6 Å². The molecule has 0 aromatic carbocycles. The lowest BCUT2D eigenvalue weighted by Gasteiger charge is -2.29. The molecule has 0 unspecified atom stereocenters. The number of morpholine rings is 1. The number of ether oxygens (including phenoxy) is 1. The van der Waals surface area contributed by atoms with Crippen LogP contribution in [0.15, 0.2) is 35.8 Å². The highest BCUT2D eigenvalue weighted by atomic mass is 32.1. The van der Waals surface area contributed by atoms with Crippen LogP contribution in [0.5, 0.6) is 0 Å². The van der Waals surface area contributed by atoms with E-state index in [1.54, 1.807) is 17.5 Å². The van der Waals surface area contributed by atoms with Crippen molar-refractivity contribution in [2.24, 2.45) is 0 Å². The zero-order valence-electron chi connectivity index (χ0n) is 12.3. The SMILES string of the molecule is O=C(Cc1cccs1)NCc1cccnc1N1CCOCC1. The number of hydrogen-bond acceptors (Lipinski definition) is 5. The molecule has 1 fully saturated rings. The molecule has 0 atom stereocenters. The van der Waals surface area contributed by atoms with Crippen LogP contribution < -0.4 is 10.2 Å². The first-order valence-electron chi connectivity index (χ1n) is 7.38. The van der Waals surface area contributed by atoms with Crippen molar-refractivity contribution in [3.8, 4) is 0 Å². The number of thiophene rings is 1. The van der Waals surface area contributed by atoms with Gasteiger partial charge in [0, 0.05) is 36.3 Å². The van der Waals surface area contributed by atoms with Crippen molar-refractivity contribution in [1.82, 2.24) is 10.3 Å². The Morgan fingerprint density at radius 3 is 2.95 bits per heavy atom. The van der Waals surface area contributed by atoms with Crippen molar-refractivity contribution in [3.63, 3.8) is 0 Å². The van der Waals surface area contributed by atoms with E-state index in [0.29, 0.717) is 13.0 Å². The van der Waals surface area contributed by atoms with E-state index in [9.17, 15) is 4.79 Å². The third kappa shape index (κ3) is 3.84. The second kappa shape index (κ2) is 7.38. The summed E-state index contributed by atoms with van der Waals surface area (Å²) in [5.41, 5.74) is 1.05. The Morgan fingerprint density at radius 1 is 1.32 bits per heavy atom. The topological polar surface area (TPSA) is 54.5 Å². The number of amides is 1. The molecule has 0 spiro atoms. The van der Waals surface area contributed by atoms with Crippen LogP contribution in [0, 0.1) is 0 Å². The highest BCUT2D eigenvalue weighted by molar-refractivity contribution is 7.10. The van der Waals surface area contributed by atoms with Crippen molar-refractivity contribution in [2.45, 2.75) is 13.0 Å². The number of aromatic nitrogens is 1. The summed E-state index contributed by atoms with van der Waals surface area (Å²) in [5, 5.41) is 4.97. The summed E-state index contributed by atoms with van der Waals surface area (Å²) in [6.07, 6.45) is 2.23. The van der Waals surface area contributed by atoms with Crippen molar-refractivity contribution in [2.75, 3.05) is 31.2 Å². The summed E-state index contributed by atoms with van der Waals surface area (Å²) in [7, 11) is 0. The van der Waals surface area contributed by atoms with Crippen molar-refractivity contribution < 1.29 is 9.53 Å². The molecular weight excluding hydrogens is 298 g/mol. The highest BCUT2D eigenvalue weighted by Gasteiger charge is 2.16. The molecule has 1 amide bonds. The van der Waals surface area contributed by atoms with Gasteiger partial charge in [-0.3, -0.25) is 4.79 Å². The van der Waals surface area contributed by atoms with Crippen LogP contribution in [0.3, 0.4) is 0 Å². The fourth-order valence-corrected chi connectivity index (χ4v) is 3.16. The predicted octanol–water partition coefficient (Wildman–Crippen LogP) is 1.84. The van der Waals surface area contributed by atoms with Gasteiger partial charge in [-0.05, 0) is 17.5 Å². The Kier molecular flexibility index (Phi) is 5.03. The maximum absolute atomic E-state index is 12.0. The number of carbonyl (C=O) groups excluding carboxylic acids is 1. The lowest BCUT2D eigenvalue weighted by Crippen LogP contribution is -2.38. The standard InChI is InChI=1S/C16H19N3O2S/c20-15(11-14-4-2-10-22-14)18-12-13-3-1-5-17-16(13)19-6-8-21-9-7-19/h1-5,10H,6-9,11-12H2,(H,18,20). The summed E-state index contributed by atoms with van der Waals surface area (Å²) in [6, 6.07) is 7.87. The fourth-order valence-electron chi connectivity index (χ4n) is 2.46. The molecule has 6 heteroatoms. The van der Waals surface area contributed by atoms with Gasteiger partial charge < -0.3 is 15.0 Å². The zero-order valence-corrected chi connectivity index (χ0v) is 13.1. The molecule has 2 aromatic heterocycles. The smallest absolute Gasteiger partial charge is 0.225 e. The Bertz CT molecular complexity index is 610. The maximum Gasteiger partial charge on any atom is 0.225 e. The van der Waals surface area contributed by atoms with Crippen molar-refractivity contribution >= 4 is 23.1 Å². The third-order valence-electron chi connectivity index (χ3n) is 3.57. The van der Waals surface area contributed by atoms with Gasteiger partial charge >= 0.3 is 0 Å². The van der Waals surface area contributed by atoms with Crippen molar-refractivity contribution in [3.05, 3.63) is 46.3 Å². The second-order valence-electron chi connectivity index (χ2n) is 5.12. The molecule has 116 valence electrons. The summed E-state index contributed by atoms with van der Waals surface area (Å²) >= 11 is 1.60. The molecule has 0 radical (unpaired) electrons. The van der Waals surface area contributed by atoms with E-state index < -0.39 is 0 Å². The lowest BCUT2D eigenvalue weighted by molar-refractivity contribution is -0.120. The predicted molar refractivity (Wildman–Crippen MR) is 87.1 cm³/mol. The molecule has 0 aliphatic carbocycles. The first kappa shape index (κ1) is 15.0.